The maximum Gasteiger partial charge on any atom is 0.152 e. The minimum Gasteiger partial charge on any atom is -0.313 e. The maximum atomic E-state index is 11.3. The summed E-state index contributed by atoms with van der Waals surface area (Å²) in [6, 6.07) is 1.17. The van der Waals surface area contributed by atoms with Gasteiger partial charge in [0.25, 0.3) is 0 Å². The van der Waals surface area contributed by atoms with Crippen LogP contribution < -0.4 is 5.32 Å². The fraction of sp³-hybridized carbons (Fsp3) is 1.00. The van der Waals surface area contributed by atoms with E-state index in [0.29, 0.717) is 23.6 Å². The van der Waals surface area contributed by atoms with Crippen molar-refractivity contribution in [2.75, 3.05) is 31.1 Å². The molecule has 2 aliphatic rings. The minimum absolute atomic E-state index is 0.346. The molecule has 2 aliphatic heterocycles. The van der Waals surface area contributed by atoms with Gasteiger partial charge in [-0.15, -0.1) is 0 Å². The number of piperidine rings is 1. The van der Waals surface area contributed by atoms with E-state index in [1.807, 2.05) is 0 Å². The third-order valence-corrected chi connectivity index (χ3v) is 5.14. The van der Waals surface area contributed by atoms with Gasteiger partial charge in [0.2, 0.25) is 0 Å². The van der Waals surface area contributed by atoms with E-state index in [0.717, 1.165) is 19.6 Å². The van der Waals surface area contributed by atoms with Gasteiger partial charge in [-0.3, -0.25) is 4.90 Å². The fourth-order valence-corrected chi connectivity index (χ4v) is 3.62. The van der Waals surface area contributed by atoms with E-state index >= 15 is 0 Å². The van der Waals surface area contributed by atoms with Gasteiger partial charge < -0.3 is 5.32 Å². The Morgan fingerprint density at radius 3 is 2.40 bits per heavy atom. The molecule has 0 spiro atoms. The van der Waals surface area contributed by atoms with E-state index in [1.54, 1.807) is 0 Å². The van der Waals surface area contributed by atoms with Crippen LogP contribution in [0.3, 0.4) is 0 Å². The maximum absolute atomic E-state index is 11.3. The van der Waals surface area contributed by atoms with Crippen LogP contribution in [-0.2, 0) is 9.84 Å². The highest BCUT2D eigenvalue weighted by atomic mass is 32.2. The van der Waals surface area contributed by atoms with E-state index in [4.69, 9.17) is 0 Å². The first kappa shape index (κ1) is 11.4. The van der Waals surface area contributed by atoms with Crippen LogP contribution in [0.4, 0.5) is 0 Å². The standard InChI is InChI=1S/C10H20N2O2S/c1-9-2-3-10(8-11-9)12-4-6-15(13,14)7-5-12/h9-11H,2-8H2,1H3. The molecular formula is C10H20N2O2S. The number of nitrogens with zero attached hydrogens (tertiary/aromatic N) is 1. The predicted molar refractivity (Wildman–Crippen MR) is 60.7 cm³/mol. The van der Waals surface area contributed by atoms with Crippen molar-refractivity contribution in [3.63, 3.8) is 0 Å². The molecule has 0 bridgehead atoms. The van der Waals surface area contributed by atoms with E-state index in [2.05, 4.69) is 17.1 Å². The topological polar surface area (TPSA) is 49.4 Å². The first-order valence-electron chi connectivity index (χ1n) is 5.75. The second-order valence-corrected chi connectivity index (χ2v) is 7.03. The molecule has 5 heteroatoms. The molecule has 4 nitrogen and oxygen atoms in total. The largest absolute Gasteiger partial charge is 0.313 e. The molecule has 1 N–H and O–H groups in total. The molecular weight excluding hydrogens is 212 g/mol. The first-order chi connectivity index (χ1) is 7.07. The quantitative estimate of drug-likeness (QED) is 0.683. The molecule has 0 aromatic carbocycles. The van der Waals surface area contributed by atoms with Gasteiger partial charge in [-0.05, 0) is 19.8 Å². The van der Waals surface area contributed by atoms with Crippen molar-refractivity contribution in [2.45, 2.75) is 31.8 Å². The van der Waals surface area contributed by atoms with Crippen molar-refractivity contribution in [1.82, 2.24) is 10.2 Å². The van der Waals surface area contributed by atoms with Crippen LogP contribution >= 0.6 is 0 Å². The van der Waals surface area contributed by atoms with Crippen molar-refractivity contribution < 1.29 is 8.42 Å². The van der Waals surface area contributed by atoms with E-state index < -0.39 is 9.84 Å². The summed E-state index contributed by atoms with van der Waals surface area (Å²) in [4.78, 5) is 2.33. The van der Waals surface area contributed by atoms with Crippen LogP contribution in [-0.4, -0.2) is 56.5 Å². The van der Waals surface area contributed by atoms with Crippen LogP contribution in [0.15, 0.2) is 0 Å². The molecule has 2 atom stereocenters. The van der Waals surface area contributed by atoms with Gasteiger partial charge >= 0.3 is 0 Å². The highest BCUT2D eigenvalue weighted by molar-refractivity contribution is 7.91. The summed E-state index contributed by atoms with van der Waals surface area (Å²) in [5, 5.41) is 3.46. The lowest BCUT2D eigenvalue weighted by atomic mass is 10.0. The Morgan fingerprint density at radius 1 is 1.20 bits per heavy atom. The fourth-order valence-electron chi connectivity index (χ4n) is 2.39. The normalized spacial score (nSPS) is 37.7. The number of sulfone groups is 1. The van der Waals surface area contributed by atoms with E-state index in [-0.39, 0.29) is 0 Å². The van der Waals surface area contributed by atoms with E-state index in [9.17, 15) is 8.42 Å². The third-order valence-electron chi connectivity index (χ3n) is 3.53. The molecule has 0 saturated carbocycles. The highest BCUT2D eigenvalue weighted by Crippen LogP contribution is 2.16. The predicted octanol–water partition coefficient (Wildman–Crippen LogP) is -0.143. The summed E-state index contributed by atoms with van der Waals surface area (Å²) in [5.41, 5.74) is 0. The van der Waals surface area contributed by atoms with Crippen molar-refractivity contribution in [1.29, 1.82) is 0 Å². The Morgan fingerprint density at radius 2 is 1.87 bits per heavy atom. The zero-order valence-corrected chi connectivity index (χ0v) is 10.1. The van der Waals surface area contributed by atoms with Crippen molar-refractivity contribution in [3.8, 4) is 0 Å². The molecule has 88 valence electrons. The molecule has 2 fully saturated rings. The number of hydrogen-bond donors (Lipinski definition) is 1. The van der Waals surface area contributed by atoms with Gasteiger partial charge in [-0.1, -0.05) is 0 Å². The zero-order valence-electron chi connectivity index (χ0n) is 9.28. The molecule has 2 unspecified atom stereocenters. The molecule has 0 radical (unpaired) electrons. The molecule has 0 amide bonds. The SMILES string of the molecule is CC1CCC(N2CCS(=O)(=O)CC2)CN1. The lowest BCUT2D eigenvalue weighted by molar-refractivity contribution is 0.166. The Bertz CT molecular complexity index is 293. The van der Waals surface area contributed by atoms with Gasteiger partial charge in [-0.25, -0.2) is 8.42 Å². The Balaban J connectivity index is 1.86. The number of nitrogens with one attached hydrogen (secondary N) is 1. The number of hydrogen-bond acceptors (Lipinski definition) is 4. The molecule has 0 aromatic heterocycles. The lowest BCUT2D eigenvalue weighted by Gasteiger charge is -2.38. The molecule has 2 saturated heterocycles. The second-order valence-electron chi connectivity index (χ2n) is 4.73. The van der Waals surface area contributed by atoms with Crippen LogP contribution in [0.5, 0.6) is 0 Å². The van der Waals surface area contributed by atoms with Crippen LogP contribution in [0.2, 0.25) is 0 Å². The summed E-state index contributed by atoms with van der Waals surface area (Å²) in [6.45, 7) is 4.67. The average molecular weight is 232 g/mol. The van der Waals surface area contributed by atoms with Crippen molar-refractivity contribution in [3.05, 3.63) is 0 Å². The van der Waals surface area contributed by atoms with Crippen molar-refractivity contribution in [2.24, 2.45) is 0 Å². The van der Waals surface area contributed by atoms with Crippen LogP contribution in [0, 0.1) is 0 Å². The molecule has 2 heterocycles. The van der Waals surface area contributed by atoms with Gasteiger partial charge in [0.15, 0.2) is 9.84 Å². The Hall–Kier alpha value is -0.130. The molecule has 0 aliphatic carbocycles. The average Bonchev–Trinajstić information content (AvgIpc) is 2.20. The lowest BCUT2D eigenvalue weighted by Crippen LogP contribution is -2.53. The van der Waals surface area contributed by atoms with Crippen molar-refractivity contribution >= 4 is 9.84 Å². The summed E-state index contributed by atoms with van der Waals surface area (Å²) in [5.74, 6) is 0.693. The number of rotatable bonds is 1. The monoisotopic (exact) mass is 232 g/mol. The summed E-state index contributed by atoms with van der Waals surface area (Å²) >= 11 is 0. The first-order valence-corrected chi connectivity index (χ1v) is 7.57. The summed E-state index contributed by atoms with van der Waals surface area (Å²) in [7, 11) is -2.73. The Labute approximate surface area is 91.9 Å². The minimum atomic E-state index is -2.73. The third kappa shape index (κ3) is 2.92. The summed E-state index contributed by atoms with van der Waals surface area (Å²) < 4.78 is 22.6. The molecule has 15 heavy (non-hydrogen) atoms. The van der Waals surface area contributed by atoms with Gasteiger partial charge in [0.1, 0.15) is 0 Å². The second kappa shape index (κ2) is 4.39. The van der Waals surface area contributed by atoms with Gasteiger partial charge in [0, 0.05) is 31.7 Å². The van der Waals surface area contributed by atoms with Crippen LogP contribution in [0.25, 0.3) is 0 Å². The molecule has 2 rings (SSSR count). The smallest absolute Gasteiger partial charge is 0.152 e. The van der Waals surface area contributed by atoms with E-state index in [1.165, 1.54) is 12.8 Å². The van der Waals surface area contributed by atoms with Gasteiger partial charge in [0.05, 0.1) is 11.5 Å². The zero-order chi connectivity index (χ0) is 10.9. The summed E-state index contributed by atoms with van der Waals surface area (Å²) in [6.07, 6.45) is 2.40. The van der Waals surface area contributed by atoms with Gasteiger partial charge in [-0.2, -0.15) is 0 Å². The Kier molecular flexibility index (Phi) is 3.33. The van der Waals surface area contributed by atoms with Crippen LogP contribution in [0.1, 0.15) is 19.8 Å². The highest BCUT2D eigenvalue weighted by Gasteiger charge is 2.28. The molecule has 0 aromatic rings.